The summed E-state index contributed by atoms with van der Waals surface area (Å²) in [5.41, 5.74) is 1.60. The largest absolute Gasteiger partial charge is 0.497 e. The quantitative estimate of drug-likeness (QED) is 0.318. The lowest BCUT2D eigenvalue weighted by molar-refractivity contribution is -0.174. The zero-order valence-electron chi connectivity index (χ0n) is 19.7. The van der Waals surface area contributed by atoms with E-state index in [2.05, 4.69) is 21.1 Å². The molecule has 0 bridgehead atoms. The van der Waals surface area contributed by atoms with Crippen LogP contribution in [0.15, 0.2) is 55.5 Å². The van der Waals surface area contributed by atoms with E-state index in [4.69, 9.17) is 30.5 Å². The van der Waals surface area contributed by atoms with E-state index in [0.29, 0.717) is 18.4 Å². The summed E-state index contributed by atoms with van der Waals surface area (Å²) in [4.78, 5) is 8.64. The minimum atomic E-state index is -0.688. The van der Waals surface area contributed by atoms with Crippen LogP contribution in [0.5, 0.6) is 5.75 Å². The van der Waals surface area contributed by atoms with Crippen molar-refractivity contribution in [2.45, 2.75) is 57.3 Å². The van der Waals surface area contributed by atoms with E-state index in [1.165, 1.54) is 6.33 Å². The van der Waals surface area contributed by atoms with Gasteiger partial charge in [-0.3, -0.25) is 0 Å². The second-order valence-electron chi connectivity index (χ2n) is 9.61. The Morgan fingerprint density at radius 2 is 2.00 bits per heavy atom. The van der Waals surface area contributed by atoms with Crippen molar-refractivity contribution in [3.8, 4) is 5.75 Å². The molecular formula is C26H30ClN3O4. The molecule has 180 valence electrons. The molecule has 34 heavy (non-hydrogen) atoms. The van der Waals surface area contributed by atoms with E-state index in [-0.39, 0.29) is 23.7 Å². The summed E-state index contributed by atoms with van der Waals surface area (Å²) in [6.07, 6.45) is 6.74. The van der Waals surface area contributed by atoms with E-state index >= 15 is 0 Å². The molecule has 1 aliphatic carbocycles. The van der Waals surface area contributed by atoms with Crippen molar-refractivity contribution in [1.82, 2.24) is 14.5 Å². The molecule has 0 spiro atoms. The maximum Gasteiger partial charge on any atom is 0.163 e. The van der Waals surface area contributed by atoms with Gasteiger partial charge in [-0.15, -0.1) is 6.58 Å². The molecule has 4 atom stereocenters. The Hall–Kier alpha value is -2.45. The van der Waals surface area contributed by atoms with Crippen molar-refractivity contribution in [1.29, 1.82) is 0 Å². The van der Waals surface area contributed by atoms with Crippen molar-refractivity contribution in [3.05, 3.63) is 66.2 Å². The lowest BCUT2D eigenvalue weighted by Crippen LogP contribution is -2.39. The average Bonchev–Trinajstić information content (AvgIpc) is 3.46. The SMILES string of the molecule is C=CC[C@@]1(COCc2ccc(OC)cc2)C[C@@H](n2ccc3c(Cl)ncnc32)[C@@H]2OC(C)(C)O[C@@H]21. The van der Waals surface area contributed by atoms with E-state index in [1.807, 2.05) is 56.5 Å². The Balaban J connectivity index is 1.43. The van der Waals surface area contributed by atoms with Crippen LogP contribution in [-0.4, -0.2) is 46.2 Å². The minimum absolute atomic E-state index is 0.0137. The Bertz CT molecular complexity index is 1180. The van der Waals surface area contributed by atoms with Gasteiger partial charge in [0.25, 0.3) is 0 Å². The van der Waals surface area contributed by atoms with Crippen LogP contribution in [0.1, 0.15) is 38.3 Å². The van der Waals surface area contributed by atoms with Gasteiger partial charge < -0.3 is 23.5 Å². The molecule has 0 N–H and O–H groups in total. The Morgan fingerprint density at radius 1 is 1.21 bits per heavy atom. The van der Waals surface area contributed by atoms with E-state index in [1.54, 1.807) is 7.11 Å². The standard InChI is InChI=1S/C26H30ClN3O4/c1-5-11-26(15-32-14-17-6-8-18(31-4)9-7-17)13-20(21-22(26)34-25(2,3)33-21)30-12-10-19-23(27)28-16-29-24(19)30/h5-10,12,16,20-22H,1,11,13-15H2,2-4H3/t20-,21+,22+,26+/m1/s1. The average molecular weight is 484 g/mol. The summed E-state index contributed by atoms with van der Waals surface area (Å²) in [7, 11) is 1.66. The van der Waals surface area contributed by atoms with Gasteiger partial charge in [-0.1, -0.05) is 29.8 Å². The predicted octanol–water partition coefficient (Wildman–Crippen LogP) is 5.34. The third kappa shape index (κ3) is 4.11. The number of allylic oxidation sites excluding steroid dienone is 1. The van der Waals surface area contributed by atoms with Crippen LogP contribution >= 0.6 is 11.6 Å². The van der Waals surface area contributed by atoms with Gasteiger partial charge in [0.2, 0.25) is 0 Å². The van der Waals surface area contributed by atoms with Gasteiger partial charge in [0.15, 0.2) is 5.79 Å². The molecule has 2 aromatic heterocycles. The monoisotopic (exact) mass is 483 g/mol. The third-order valence-electron chi connectivity index (χ3n) is 6.91. The first-order valence-electron chi connectivity index (χ1n) is 11.5. The Morgan fingerprint density at radius 3 is 2.74 bits per heavy atom. The number of methoxy groups -OCH3 is 1. The highest BCUT2D eigenvalue weighted by atomic mass is 35.5. The van der Waals surface area contributed by atoms with Gasteiger partial charge in [-0.05, 0) is 50.5 Å². The van der Waals surface area contributed by atoms with Crippen molar-refractivity contribution >= 4 is 22.6 Å². The lowest BCUT2D eigenvalue weighted by Gasteiger charge is -2.34. The van der Waals surface area contributed by atoms with Crippen molar-refractivity contribution < 1.29 is 18.9 Å². The second-order valence-corrected chi connectivity index (χ2v) is 9.97. The number of hydrogen-bond acceptors (Lipinski definition) is 6. The molecule has 2 aliphatic rings. The molecule has 0 unspecified atom stereocenters. The maximum absolute atomic E-state index is 6.50. The van der Waals surface area contributed by atoms with E-state index in [0.717, 1.165) is 35.2 Å². The molecule has 0 amide bonds. The van der Waals surface area contributed by atoms with Crippen molar-refractivity contribution in [2.75, 3.05) is 13.7 Å². The highest BCUT2D eigenvalue weighted by Gasteiger charge is 2.61. The highest BCUT2D eigenvalue weighted by molar-refractivity contribution is 6.33. The Kier molecular flexibility index (Phi) is 6.14. The fourth-order valence-electron chi connectivity index (χ4n) is 5.44. The van der Waals surface area contributed by atoms with Crippen molar-refractivity contribution in [3.63, 3.8) is 0 Å². The molecule has 7 nitrogen and oxygen atoms in total. The molecule has 5 rings (SSSR count). The first-order chi connectivity index (χ1) is 16.4. The molecule has 3 heterocycles. The summed E-state index contributed by atoms with van der Waals surface area (Å²) in [6, 6.07) is 9.90. The lowest BCUT2D eigenvalue weighted by atomic mass is 9.81. The fraction of sp³-hybridized carbons (Fsp3) is 0.462. The predicted molar refractivity (Wildman–Crippen MR) is 130 cm³/mol. The number of ether oxygens (including phenoxy) is 4. The van der Waals surface area contributed by atoms with Crippen LogP contribution in [0.3, 0.4) is 0 Å². The van der Waals surface area contributed by atoms with E-state index in [9.17, 15) is 0 Å². The summed E-state index contributed by atoms with van der Waals surface area (Å²) in [5, 5.41) is 1.28. The zero-order chi connectivity index (χ0) is 23.9. The number of aromatic nitrogens is 3. The fourth-order valence-corrected chi connectivity index (χ4v) is 5.63. The van der Waals surface area contributed by atoms with Crippen LogP contribution in [0.2, 0.25) is 5.15 Å². The number of nitrogens with zero attached hydrogens (tertiary/aromatic N) is 3. The summed E-state index contributed by atoms with van der Waals surface area (Å²) < 4.78 is 26.7. The number of rotatable bonds is 8. The first-order valence-corrected chi connectivity index (χ1v) is 11.9. The van der Waals surface area contributed by atoms with E-state index < -0.39 is 5.79 Å². The minimum Gasteiger partial charge on any atom is -0.497 e. The number of fused-ring (bicyclic) bond motifs is 2. The second kappa shape index (κ2) is 8.96. The van der Waals surface area contributed by atoms with Crippen molar-refractivity contribution in [2.24, 2.45) is 5.41 Å². The number of benzene rings is 1. The molecule has 0 radical (unpaired) electrons. The van der Waals surface area contributed by atoms with Crippen LogP contribution in [0, 0.1) is 5.41 Å². The topological polar surface area (TPSA) is 67.6 Å². The summed E-state index contributed by atoms with van der Waals surface area (Å²) in [5.74, 6) is 0.140. The molecule has 1 saturated carbocycles. The normalized spacial score (nSPS) is 27.7. The maximum atomic E-state index is 6.50. The number of hydrogen-bond donors (Lipinski definition) is 0. The first kappa shape index (κ1) is 23.3. The summed E-state index contributed by atoms with van der Waals surface area (Å²) in [6.45, 7) is 9.00. The number of halogens is 1. The molecular weight excluding hydrogens is 454 g/mol. The summed E-state index contributed by atoms with van der Waals surface area (Å²) >= 11 is 6.32. The molecule has 2 fully saturated rings. The van der Waals surface area contributed by atoms with Crippen LogP contribution in [0.25, 0.3) is 11.0 Å². The zero-order valence-corrected chi connectivity index (χ0v) is 20.5. The van der Waals surface area contributed by atoms with Crippen LogP contribution in [-0.2, 0) is 20.8 Å². The van der Waals surface area contributed by atoms with Gasteiger partial charge >= 0.3 is 0 Å². The Labute approximate surface area is 204 Å². The van der Waals surface area contributed by atoms with Crippen LogP contribution in [0.4, 0.5) is 0 Å². The molecule has 8 heteroatoms. The van der Waals surface area contributed by atoms with Gasteiger partial charge in [0, 0.05) is 11.6 Å². The molecule has 3 aromatic rings. The molecule has 1 aliphatic heterocycles. The highest BCUT2D eigenvalue weighted by Crippen LogP contribution is 2.55. The van der Waals surface area contributed by atoms with Gasteiger partial charge in [0.05, 0.1) is 37.9 Å². The van der Waals surface area contributed by atoms with Crippen LogP contribution < -0.4 is 4.74 Å². The van der Waals surface area contributed by atoms with Gasteiger partial charge in [-0.2, -0.15) is 0 Å². The van der Waals surface area contributed by atoms with Gasteiger partial charge in [0.1, 0.15) is 29.0 Å². The molecule has 1 aromatic carbocycles. The smallest absolute Gasteiger partial charge is 0.163 e. The van der Waals surface area contributed by atoms with Gasteiger partial charge in [-0.25, -0.2) is 9.97 Å². The third-order valence-corrected chi connectivity index (χ3v) is 7.21. The molecule has 1 saturated heterocycles.